The van der Waals surface area contributed by atoms with Gasteiger partial charge in [-0.1, -0.05) is 0 Å². The Hall–Kier alpha value is -2.32. The second-order valence-corrected chi connectivity index (χ2v) is 6.57. The molecule has 27 heavy (non-hydrogen) atoms. The van der Waals surface area contributed by atoms with E-state index in [0.717, 1.165) is 51.4 Å². The second-order valence-electron chi connectivity index (χ2n) is 6.57. The van der Waals surface area contributed by atoms with Crippen LogP contribution >= 0.6 is 0 Å². The molecule has 0 unspecified atom stereocenters. The standard InChI is InChI=1S/C19H20F3N3O2/c20-19(21,22)14-4-5-16-15(13-14)23-18(17-3-1-10-27-17)25(16)7-2-6-24-8-11-26-12-9-24/h1,3-5,10,13H,2,6-9,11-12H2. The fraction of sp³-hybridized carbons (Fsp3) is 0.421. The number of benzene rings is 1. The average Bonchev–Trinajstić information content (AvgIpc) is 3.29. The van der Waals surface area contributed by atoms with Crippen molar-refractivity contribution in [2.24, 2.45) is 0 Å². The molecule has 3 heterocycles. The van der Waals surface area contributed by atoms with Crippen LogP contribution in [0.5, 0.6) is 0 Å². The zero-order valence-electron chi connectivity index (χ0n) is 14.7. The minimum Gasteiger partial charge on any atom is -0.461 e. The lowest BCUT2D eigenvalue weighted by Crippen LogP contribution is -2.37. The number of fused-ring (bicyclic) bond motifs is 1. The number of aryl methyl sites for hydroxylation is 1. The highest BCUT2D eigenvalue weighted by atomic mass is 19.4. The number of furan rings is 1. The molecule has 0 bridgehead atoms. The molecule has 8 heteroatoms. The summed E-state index contributed by atoms with van der Waals surface area (Å²) in [7, 11) is 0. The Bertz CT molecular complexity index is 897. The highest BCUT2D eigenvalue weighted by Gasteiger charge is 2.31. The molecular formula is C19H20F3N3O2. The second kappa shape index (κ2) is 7.36. The normalized spacial score (nSPS) is 16.3. The molecule has 1 saturated heterocycles. The van der Waals surface area contributed by atoms with Crippen LogP contribution in [0.15, 0.2) is 41.0 Å². The van der Waals surface area contributed by atoms with Gasteiger partial charge >= 0.3 is 6.18 Å². The Balaban J connectivity index is 1.63. The molecule has 2 aromatic heterocycles. The maximum absolute atomic E-state index is 13.0. The molecule has 0 N–H and O–H groups in total. The van der Waals surface area contributed by atoms with Crippen LogP contribution in [-0.2, 0) is 17.5 Å². The molecule has 3 aromatic rings. The van der Waals surface area contributed by atoms with Gasteiger partial charge < -0.3 is 13.7 Å². The summed E-state index contributed by atoms with van der Waals surface area (Å²) in [5, 5.41) is 0. The number of hydrogen-bond acceptors (Lipinski definition) is 4. The summed E-state index contributed by atoms with van der Waals surface area (Å²) in [4.78, 5) is 6.76. The summed E-state index contributed by atoms with van der Waals surface area (Å²) in [5.41, 5.74) is 0.304. The summed E-state index contributed by atoms with van der Waals surface area (Å²) < 4.78 is 51.9. The van der Waals surface area contributed by atoms with Crippen LogP contribution in [0.25, 0.3) is 22.6 Å². The third-order valence-electron chi connectivity index (χ3n) is 4.78. The minimum atomic E-state index is -4.39. The highest BCUT2D eigenvalue weighted by molar-refractivity contribution is 5.80. The third-order valence-corrected chi connectivity index (χ3v) is 4.78. The van der Waals surface area contributed by atoms with E-state index in [2.05, 4.69) is 9.88 Å². The molecule has 5 nitrogen and oxygen atoms in total. The number of nitrogens with zero attached hydrogens (tertiary/aromatic N) is 3. The van der Waals surface area contributed by atoms with Gasteiger partial charge in [0.15, 0.2) is 11.6 Å². The number of hydrogen-bond donors (Lipinski definition) is 0. The van der Waals surface area contributed by atoms with E-state index in [1.165, 1.54) is 12.3 Å². The average molecular weight is 379 g/mol. The first-order valence-electron chi connectivity index (χ1n) is 8.94. The Morgan fingerprint density at radius 2 is 1.89 bits per heavy atom. The SMILES string of the molecule is FC(F)(F)c1ccc2c(c1)nc(-c1ccco1)n2CCCN1CCOCC1. The van der Waals surface area contributed by atoms with Gasteiger partial charge in [-0.2, -0.15) is 13.2 Å². The largest absolute Gasteiger partial charge is 0.461 e. The fourth-order valence-corrected chi connectivity index (χ4v) is 3.40. The summed E-state index contributed by atoms with van der Waals surface area (Å²) in [6.45, 7) is 4.85. The highest BCUT2D eigenvalue weighted by Crippen LogP contribution is 2.33. The van der Waals surface area contributed by atoms with Crippen LogP contribution in [0.2, 0.25) is 0 Å². The van der Waals surface area contributed by atoms with Crippen LogP contribution in [-0.4, -0.2) is 47.3 Å². The number of alkyl halides is 3. The molecule has 1 aliphatic rings. The van der Waals surface area contributed by atoms with Crippen molar-refractivity contribution in [2.75, 3.05) is 32.8 Å². The van der Waals surface area contributed by atoms with Crippen molar-refractivity contribution in [1.82, 2.24) is 14.5 Å². The number of morpholine rings is 1. The molecular weight excluding hydrogens is 359 g/mol. The molecule has 0 radical (unpaired) electrons. The fourth-order valence-electron chi connectivity index (χ4n) is 3.40. The van der Waals surface area contributed by atoms with Crippen molar-refractivity contribution in [1.29, 1.82) is 0 Å². The van der Waals surface area contributed by atoms with Crippen molar-refractivity contribution in [3.63, 3.8) is 0 Å². The van der Waals surface area contributed by atoms with E-state index in [9.17, 15) is 13.2 Å². The number of ether oxygens (including phenoxy) is 1. The number of rotatable bonds is 5. The van der Waals surface area contributed by atoms with E-state index < -0.39 is 11.7 Å². The molecule has 0 aliphatic carbocycles. The summed E-state index contributed by atoms with van der Waals surface area (Å²) in [6.07, 6.45) is -1.99. The quantitative estimate of drug-likeness (QED) is 0.671. The molecule has 1 aromatic carbocycles. The van der Waals surface area contributed by atoms with Crippen molar-refractivity contribution in [3.05, 3.63) is 42.2 Å². The van der Waals surface area contributed by atoms with E-state index >= 15 is 0 Å². The minimum absolute atomic E-state index is 0.322. The van der Waals surface area contributed by atoms with Crippen molar-refractivity contribution < 1.29 is 22.3 Å². The first-order valence-corrected chi connectivity index (χ1v) is 8.94. The predicted octanol–water partition coefficient (Wildman–Crippen LogP) is 4.04. The monoisotopic (exact) mass is 379 g/mol. The lowest BCUT2D eigenvalue weighted by Gasteiger charge is -2.26. The van der Waals surface area contributed by atoms with Crippen molar-refractivity contribution in [2.45, 2.75) is 19.1 Å². The van der Waals surface area contributed by atoms with Gasteiger partial charge in [-0.15, -0.1) is 0 Å². The van der Waals surface area contributed by atoms with E-state index in [0.29, 0.717) is 29.2 Å². The van der Waals surface area contributed by atoms with Crippen LogP contribution in [0.1, 0.15) is 12.0 Å². The van der Waals surface area contributed by atoms with Gasteiger partial charge in [0.1, 0.15) is 0 Å². The van der Waals surface area contributed by atoms with E-state index in [4.69, 9.17) is 9.15 Å². The summed E-state index contributed by atoms with van der Waals surface area (Å²) in [5.74, 6) is 1.10. The Morgan fingerprint density at radius 3 is 2.59 bits per heavy atom. The predicted molar refractivity (Wildman–Crippen MR) is 94.3 cm³/mol. The number of halogens is 3. The van der Waals surface area contributed by atoms with Gasteiger partial charge in [0.2, 0.25) is 0 Å². The molecule has 1 aliphatic heterocycles. The van der Waals surface area contributed by atoms with Crippen LogP contribution in [0, 0.1) is 0 Å². The molecule has 0 spiro atoms. The topological polar surface area (TPSA) is 43.4 Å². The summed E-state index contributed by atoms with van der Waals surface area (Å²) >= 11 is 0. The van der Waals surface area contributed by atoms with Gasteiger partial charge in [0.25, 0.3) is 0 Å². The zero-order valence-corrected chi connectivity index (χ0v) is 14.7. The number of aromatic nitrogens is 2. The smallest absolute Gasteiger partial charge is 0.416 e. The maximum Gasteiger partial charge on any atom is 0.416 e. The van der Waals surface area contributed by atoms with Crippen molar-refractivity contribution >= 4 is 11.0 Å². The van der Waals surface area contributed by atoms with E-state index in [1.807, 2.05) is 4.57 Å². The van der Waals surface area contributed by atoms with Crippen LogP contribution in [0.3, 0.4) is 0 Å². The molecule has 0 atom stereocenters. The van der Waals surface area contributed by atoms with Crippen LogP contribution in [0.4, 0.5) is 13.2 Å². The van der Waals surface area contributed by atoms with Gasteiger partial charge in [-0.05, 0) is 36.8 Å². The lowest BCUT2D eigenvalue weighted by atomic mass is 10.2. The Morgan fingerprint density at radius 1 is 1.07 bits per heavy atom. The molecule has 0 amide bonds. The van der Waals surface area contributed by atoms with Gasteiger partial charge in [-0.25, -0.2) is 4.98 Å². The van der Waals surface area contributed by atoms with Gasteiger partial charge in [0, 0.05) is 26.2 Å². The van der Waals surface area contributed by atoms with Crippen LogP contribution < -0.4 is 0 Å². The molecule has 4 rings (SSSR count). The van der Waals surface area contributed by atoms with Gasteiger partial charge in [0.05, 0.1) is 36.1 Å². The Kier molecular flexibility index (Phi) is 4.92. The first kappa shape index (κ1) is 18.1. The zero-order chi connectivity index (χ0) is 18.9. The van der Waals surface area contributed by atoms with Gasteiger partial charge in [-0.3, -0.25) is 4.90 Å². The molecule has 1 fully saturated rings. The summed E-state index contributed by atoms with van der Waals surface area (Å²) in [6, 6.07) is 7.21. The number of imidazole rings is 1. The molecule has 144 valence electrons. The third kappa shape index (κ3) is 3.86. The lowest BCUT2D eigenvalue weighted by molar-refractivity contribution is -0.137. The maximum atomic E-state index is 13.0. The first-order chi connectivity index (χ1) is 13.0. The van der Waals surface area contributed by atoms with Crippen molar-refractivity contribution in [3.8, 4) is 11.6 Å². The molecule has 0 saturated carbocycles. The van der Waals surface area contributed by atoms with E-state index in [1.54, 1.807) is 12.1 Å². The Labute approximate surface area is 154 Å². The van der Waals surface area contributed by atoms with E-state index in [-0.39, 0.29) is 0 Å².